The van der Waals surface area contributed by atoms with Gasteiger partial charge in [0.05, 0.1) is 0 Å². The molecule has 0 aliphatic heterocycles. The van der Waals surface area contributed by atoms with Gasteiger partial charge in [0.15, 0.2) is 6.10 Å². The lowest BCUT2D eigenvalue weighted by molar-refractivity contribution is -0.167. The number of rotatable bonds is 62. The molecule has 0 N–H and O–H groups in total. The highest BCUT2D eigenvalue weighted by Gasteiger charge is 2.19. The molecule has 0 aliphatic rings. The van der Waals surface area contributed by atoms with E-state index in [9.17, 15) is 14.4 Å². The van der Waals surface area contributed by atoms with Gasteiger partial charge in [-0.05, 0) is 122 Å². The lowest BCUT2D eigenvalue weighted by Gasteiger charge is -2.18. The van der Waals surface area contributed by atoms with Crippen molar-refractivity contribution in [2.24, 2.45) is 0 Å². The molecule has 0 amide bonds. The number of allylic oxidation sites excluding steroid dienone is 20. The first-order chi connectivity index (χ1) is 40.5. The maximum Gasteiger partial charge on any atom is 0.306 e. The van der Waals surface area contributed by atoms with E-state index in [4.69, 9.17) is 14.2 Å². The molecule has 0 rings (SSSR count). The molecule has 0 saturated carbocycles. The Labute approximate surface area is 507 Å². The summed E-state index contributed by atoms with van der Waals surface area (Å²) in [7, 11) is 0. The van der Waals surface area contributed by atoms with Crippen molar-refractivity contribution in [2.45, 2.75) is 329 Å². The third-order valence-corrected chi connectivity index (χ3v) is 14.7. The van der Waals surface area contributed by atoms with E-state index in [1.165, 1.54) is 148 Å². The van der Waals surface area contributed by atoms with E-state index in [1.807, 2.05) is 0 Å². The Morgan fingerprint density at radius 3 is 0.768 bits per heavy atom. The monoisotopic (exact) mass is 1140 g/mol. The average molecular weight is 1140 g/mol. The number of hydrogen-bond donors (Lipinski definition) is 0. The Bertz CT molecular complexity index is 1690. The lowest BCUT2D eigenvalue weighted by atomic mass is 10.0. The molecule has 468 valence electrons. The zero-order chi connectivity index (χ0) is 59.2. The standard InChI is InChI=1S/C76H128O6/c1-4-7-10-13-16-19-22-25-28-29-30-31-32-33-34-35-36-37-38-39-40-41-42-43-44-45-46-47-49-51-54-57-60-63-66-69-75(78)81-72-73(71-80-74(77)68-65-62-59-56-53-50-27-24-21-18-15-12-9-6-3)82-76(79)70-67-64-61-58-55-52-48-26-23-20-17-14-11-8-5-2/h7-8,10-11,15-20,24-28,30-31,48,55,58,73H,4-6,9,12-14,21-23,29,32-47,49-54,56-57,59-72H2,1-3H3/b10-7-,11-8-,18-15-,19-16-,20-17-,27-24-,28-25-,31-30-,48-26-,58-55-. The third kappa shape index (κ3) is 66.6. The molecule has 6 heteroatoms. The Morgan fingerprint density at radius 2 is 0.476 bits per heavy atom. The van der Waals surface area contributed by atoms with Crippen LogP contribution in [0.1, 0.15) is 323 Å². The van der Waals surface area contributed by atoms with Crippen molar-refractivity contribution in [2.75, 3.05) is 13.2 Å². The summed E-state index contributed by atoms with van der Waals surface area (Å²) in [5, 5.41) is 0. The van der Waals surface area contributed by atoms with Crippen LogP contribution in [0, 0.1) is 0 Å². The van der Waals surface area contributed by atoms with Crippen LogP contribution in [0.2, 0.25) is 0 Å². The van der Waals surface area contributed by atoms with Crippen LogP contribution < -0.4 is 0 Å². The number of carbonyl (C=O) groups is 3. The van der Waals surface area contributed by atoms with Gasteiger partial charge in [-0.15, -0.1) is 0 Å². The van der Waals surface area contributed by atoms with Gasteiger partial charge in [0.2, 0.25) is 0 Å². The summed E-state index contributed by atoms with van der Waals surface area (Å²) in [4.78, 5) is 38.3. The lowest BCUT2D eigenvalue weighted by Crippen LogP contribution is -2.30. The second kappa shape index (κ2) is 69.3. The van der Waals surface area contributed by atoms with Crippen molar-refractivity contribution in [3.05, 3.63) is 122 Å². The largest absolute Gasteiger partial charge is 0.462 e. The molecule has 82 heavy (non-hydrogen) atoms. The summed E-state index contributed by atoms with van der Waals surface area (Å²) in [5.74, 6) is -0.945. The van der Waals surface area contributed by atoms with E-state index in [0.29, 0.717) is 19.3 Å². The number of unbranched alkanes of at least 4 members (excludes halogenated alkanes) is 31. The van der Waals surface area contributed by atoms with Crippen molar-refractivity contribution in [3.8, 4) is 0 Å². The van der Waals surface area contributed by atoms with Gasteiger partial charge in [0.1, 0.15) is 13.2 Å². The molecule has 0 bridgehead atoms. The first kappa shape index (κ1) is 77.8. The summed E-state index contributed by atoms with van der Waals surface area (Å²) in [6.07, 6.45) is 96.8. The molecule has 6 nitrogen and oxygen atoms in total. The third-order valence-electron chi connectivity index (χ3n) is 14.7. The van der Waals surface area contributed by atoms with Gasteiger partial charge in [0.25, 0.3) is 0 Å². The topological polar surface area (TPSA) is 78.9 Å². The molecule has 0 aromatic rings. The van der Waals surface area contributed by atoms with Crippen LogP contribution in [-0.2, 0) is 28.6 Å². The number of ether oxygens (including phenoxy) is 3. The van der Waals surface area contributed by atoms with Crippen LogP contribution in [-0.4, -0.2) is 37.2 Å². The van der Waals surface area contributed by atoms with Crippen LogP contribution in [0.25, 0.3) is 0 Å². The highest BCUT2D eigenvalue weighted by molar-refractivity contribution is 5.71. The summed E-state index contributed by atoms with van der Waals surface area (Å²) in [6, 6.07) is 0. The summed E-state index contributed by atoms with van der Waals surface area (Å²) in [5.41, 5.74) is 0. The van der Waals surface area contributed by atoms with Gasteiger partial charge in [-0.25, -0.2) is 0 Å². The Morgan fingerprint density at radius 1 is 0.256 bits per heavy atom. The molecule has 1 atom stereocenters. The molecule has 0 aromatic heterocycles. The summed E-state index contributed by atoms with van der Waals surface area (Å²) < 4.78 is 16.9. The Kier molecular flexibility index (Phi) is 65.8. The fourth-order valence-electron chi connectivity index (χ4n) is 9.56. The second-order valence-corrected chi connectivity index (χ2v) is 22.7. The number of hydrogen-bond acceptors (Lipinski definition) is 6. The maximum absolute atomic E-state index is 12.9. The predicted octanol–water partition coefficient (Wildman–Crippen LogP) is 23.9. The molecule has 0 saturated heterocycles. The van der Waals surface area contributed by atoms with E-state index < -0.39 is 6.10 Å². The maximum atomic E-state index is 12.9. The van der Waals surface area contributed by atoms with Gasteiger partial charge in [-0.3, -0.25) is 14.4 Å². The van der Waals surface area contributed by atoms with Gasteiger partial charge < -0.3 is 14.2 Å². The van der Waals surface area contributed by atoms with Crippen molar-refractivity contribution in [3.63, 3.8) is 0 Å². The molecule has 0 radical (unpaired) electrons. The summed E-state index contributed by atoms with van der Waals surface area (Å²) in [6.45, 7) is 6.35. The first-order valence-electron chi connectivity index (χ1n) is 34.5. The van der Waals surface area contributed by atoms with Crippen molar-refractivity contribution < 1.29 is 28.6 Å². The van der Waals surface area contributed by atoms with Crippen LogP contribution in [0.5, 0.6) is 0 Å². The second-order valence-electron chi connectivity index (χ2n) is 22.7. The van der Waals surface area contributed by atoms with E-state index >= 15 is 0 Å². The van der Waals surface area contributed by atoms with Crippen molar-refractivity contribution >= 4 is 17.9 Å². The Hall–Kier alpha value is -4.19. The summed E-state index contributed by atoms with van der Waals surface area (Å²) >= 11 is 0. The Balaban J connectivity index is 4.15. The smallest absolute Gasteiger partial charge is 0.306 e. The van der Waals surface area contributed by atoms with Gasteiger partial charge in [-0.1, -0.05) is 303 Å². The SMILES string of the molecule is CC/C=C\C/C=C\C/C=C\C/C=C\CCCCCCCCCCCCCCCCCCCCCCCCC(=O)OCC(COC(=O)CCCCCCC/C=C\C/C=C\CCCC)OC(=O)CCCC/C=C\C/C=C\C/C=C\C/C=C\CC. The number of esters is 3. The van der Waals surface area contributed by atoms with Crippen LogP contribution >= 0.6 is 0 Å². The minimum absolute atomic E-state index is 0.0980. The van der Waals surface area contributed by atoms with E-state index in [-0.39, 0.29) is 37.5 Å². The van der Waals surface area contributed by atoms with E-state index in [0.717, 1.165) is 128 Å². The van der Waals surface area contributed by atoms with Crippen molar-refractivity contribution in [1.82, 2.24) is 0 Å². The molecule has 0 spiro atoms. The number of carbonyl (C=O) groups excluding carboxylic acids is 3. The zero-order valence-corrected chi connectivity index (χ0v) is 53.7. The first-order valence-corrected chi connectivity index (χ1v) is 34.5. The highest BCUT2D eigenvalue weighted by atomic mass is 16.6. The van der Waals surface area contributed by atoms with Gasteiger partial charge in [0, 0.05) is 19.3 Å². The molecule has 0 fully saturated rings. The quantitative estimate of drug-likeness (QED) is 0.0261. The molecular formula is C76H128O6. The van der Waals surface area contributed by atoms with Crippen molar-refractivity contribution in [1.29, 1.82) is 0 Å². The van der Waals surface area contributed by atoms with Crippen LogP contribution in [0.3, 0.4) is 0 Å². The van der Waals surface area contributed by atoms with E-state index in [1.54, 1.807) is 0 Å². The van der Waals surface area contributed by atoms with Gasteiger partial charge >= 0.3 is 17.9 Å². The normalized spacial score (nSPS) is 12.9. The fourth-order valence-corrected chi connectivity index (χ4v) is 9.56. The zero-order valence-electron chi connectivity index (χ0n) is 53.7. The highest BCUT2D eigenvalue weighted by Crippen LogP contribution is 2.17. The van der Waals surface area contributed by atoms with Crippen LogP contribution in [0.4, 0.5) is 0 Å². The molecule has 0 heterocycles. The predicted molar refractivity (Wildman–Crippen MR) is 357 cm³/mol. The van der Waals surface area contributed by atoms with Crippen LogP contribution in [0.15, 0.2) is 122 Å². The molecule has 0 aromatic carbocycles. The fraction of sp³-hybridized carbons (Fsp3) is 0.697. The van der Waals surface area contributed by atoms with E-state index in [2.05, 4.69) is 142 Å². The minimum Gasteiger partial charge on any atom is -0.462 e. The molecular weight excluding hydrogens is 1010 g/mol. The van der Waals surface area contributed by atoms with Gasteiger partial charge in [-0.2, -0.15) is 0 Å². The molecule has 1 unspecified atom stereocenters. The molecule has 0 aliphatic carbocycles. The minimum atomic E-state index is -0.807. The average Bonchev–Trinajstić information content (AvgIpc) is 3.48.